The second-order valence-electron chi connectivity index (χ2n) is 9.96. The molecule has 1 saturated carbocycles. The highest BCUT2D eigenvalue weighted by atomic mass is 35.5. The summed E-state index contributed by atoms with van der Waals surface area (Å²) in [5.41, 5.74) is 6.02. The number of imidazole rings is 1. The van der Waals surface area contributed by atoms with Crippen LogP contribution in [-0.4, -0.2) is 25.6 Å². The van der Waals surface area contributed by atoms with Gasteiger partial charge in [0.1, 0.15) is 18.2 Å². The highest BCUT2D eigenvalue weighted by Crippen LogP contribution is 2.37. The fourth-order valence-electron chi connectivity index (χ4n) is 5.50. The maximum atomic E-state index is 11.6. The van der Waals surface area contributed by atoms with E-state index in [1.165, 1.54) is 19.3 Å². The van der Waals surface area contributed by atoms with Crippen LogP contribution in [0.2, 0.25) is 5.02 Å². The van der Waals surface area contributed by atoms with Crippen LogP contribution in [0.25, 0.3) is 33.5 Å². The third-order valence-corrected chi connectivity index (χ3v) is 7.68. The SMILES string of the molecule is O=C(O)c1ccc2c(c1)nc(-c1ccc(OCc3cc(Cl)ccc3-c3ccncc3)cc1)n2C1CCCCC1. The molecule has 39 heavy (non-hydrogen) atoms. The molecule has 0 atom stereocenters. The second-order valence-corrected chi connectivity index (χ2v) is 10.4. The van der Waals surface area contributed by atoms with E-state index in [9.17, 15) is 9.90 Å². The number of hydrogen-bond acceptors (Lipinski definition) is 4. The third-order valence-electron chi connectivity index (χ3n) is 7.44. The minimum Gasteiger partial charge on any atom is -0.489 e. The molecular weight excluding hydrogens is 510 g/mol. The Hall–Kier alpha value is -4.16. The minimum absolute atomic E-state index is 0.248. The van der Waals surface area contributed by atoms with Gasteiger partial charge in [-0.25, -0.2) is 9.78 Å². The highest BCUT2D eigenvalue weighted by molar-refractivity contribution is 6.30. The van der Waals surface area contributed by atoms with Gasteiger partial charge in [0, 0.05) is 29.0 Å². The van der Waals surface area contributed by atoms with Crippen molar-refractivity contribution in [2.24, 2.45) is 0 Å². The molecule has 0 aliphatic heterocycles. The monoisotopic (exact) mass is 537 g/mol. The largest absolute Gasteiger partial charge is 0.489 e. The molecular formula is C32H28ClN3O3. The van der Waals surface area contributed by atoms with Crippen molar-refractivity contribution in [3.05, 3.63) is 101 Å². The van der Waals surface area contributed by atoms with Crippen LogP contribution in [0.3, 0.4) is 0 Å². The molecule has 6 rings (SSSR count). The van der Waals surface area contributed by atoms with Crippen LogP contribution in [0, 0.1) is 0 Å². The van der Waals surface area contributed by atoms with Gasteiger partial charge < -0.3 is 14.4 Å². The smallest absolute Gasteiger partial charge is 0.335 e. The van der Waals surface area contributed by atoms with Gasteiger partial charge in [-0.05, 0) is 96.3 Å². The topological polar surface area (TPSA) is 77.2 Å². The number of benzene rings is 3. The number of carbonyl (C=O) groups is 1. The normalized spacial score (nSPS) is 14.0. The van der Waals surface area contributed by atoms with Crippen LogP contribution in [0.1, 0.15) is 54.1 Å². The van der Waals surface area contributed by atoms with Gasteiger partial charge in [0.25, 0.3) is 0 Å². The molecule has 6 nitrogen and oxygen atoms in total. The summed E-state index contributed by atoms with van der Waals surface area (Å²) in [5.74, 6) is 0.660. The number of nitrogens with zero attached hydrogens (tertiary/aromatic N) is 3. The lowest BCUT2D eigenvalue weighted by Crippen LogP contribution is -2.14. The number of pyridine rings is 1. The van der Waals surface area contributed by atoms with Gasteiger partial charge in [-0.3, -0.25) is 4.98 Å². The molecule has 0 radical (unpaired) electrons. The van der Waals surface area contributed by atoms with Crippen molar-refractivity contribution in [3.63, 3.8) is 0 Å². The lowest BCUT2D eigenvalue weighted by molar-refractivity contribution is 0.0697. The first-order valence-corrected chi connectivity index (χ1v) is 13.6. The van der Waals surface area contributed by atoms with Crippen LogP contribution in [0.5, 0.6) is 5.75 Å². The Balaban J connectivity index is 1.29. The van der Waals surface area contributed by atoms with E-state index in [0.717, 1.165) is 52.2 Å². The summed E-state index contributed by atoms with van der Waals surface area (Å²) in [6.45, 7) is 0.371. The molecule has 1 fully saturated rings. The molecule has 0 saturated heterocycles. The zero-order chi connectivity index (χ0) is 26.8. The van der Waals surface area contributed by atoms with Gasteiger partial charge in [-0.15, -0.1) is 0 Å². The summed E-state index contributed by atoms with van der Waals surface area (Å²) in [5, 5.41) is 10.1. The van der Waals surface area contributed by atoms with Gasteiger partial charge in [-0.2, -0.15) is 0 Å². The standard InChI is InChI=1S/C32H28ClN3O3/c33-25-9-12-28(21-14-16-34-17-15-21)24(18-25)20-39-27-10-6-22(7-11-27)31-35-29-19-23(32(37)38)8-13-30(29)36(31)26-4-2-1-3-5-26/h6-19,26H,1-5,20H2,(H,37,38). The summed E-state index contributed by atoms with van der Waals surface area (Å²) >= 11 is 6.30. The molecule has 7 heteroatoms. The zero-order valence-electron chi connectivity index (χ0n) is 21.4. The first-order chi connectivity index (χ1) is 19.1. The Kier molecular flexibility index (Phi) is 7.03. The van der Waals surface area contributed by atoms with Crippen molar-refractivity contribution in [2.45, 2.75) is 44.8 Å². The van der Waals surface area contributed by atoms with Crippen molar-refractivity contribution in [2.75, 3.05) is 0 Å². The first-order valence-electron chi connectivity index (χ1n) is 13.2. The first kappa shape index (κ1) is 25.1. The van der Waals surface area contributed by atoms with E-state index in [-0.39, 0.29) is 5.56 Å². The van der Waals surface area contributed by atoms with Crippen molar-refractivity contribution >= 4 is 28.6 Å². The summed E-state index contributed by atoms with van der Waals surface area (Å²) < 4.78 is 8.49. The van der Waals surface area contributed by atoms with Gasteiger partial charge in [0.15, 0.2) is 0 Å². The minimum atomic E-state index is -0.945. The number of halogens is 1. The number of carboxylic acid groups (broad SMARTS) is 1. The maximum Gasteiger partial charge on any atom is 0.335 e. The van der Waals surface area contributed by atoms with E-state index in [2.05, 4.69) is 9.55 Å². The number of aromatic carboxylic acids is 1. The number of carboxylic acids is 1. The number of rotatable bonds is 7. The van der Waals surface area contributed by atoms with E-state index in [0.29, 0.717) is 23.2 Å². The average molecular weight is 538 g/mol. The average Bonchev–Trinajstić information content (AvgIpc) is 3.36. The van der Waals surface area contributed by atoms with Gasteiger partial charge in [0.05, 0.1) is 16.6 Å². The molecule has 1 aliphatic carbocycles. The van der Waals surface area contributed by atoms with Crippen molar-refractivity contribution in [1.29, 1.82) is 0 Å². The molecule has 2 heterocycles. The van der Waals surface area contributed by atoms with E-state index in [4.69, 9.17) is 21.3 Å². The van der Waals surface area contributed by atoms with Crippen LogP contribution >= 0.6 is 11.6 Å². The summed E-state index contributed by atoms with van der Waals surface area (Å²) in [6.07, 6.45) is 9.37. The quantitative estimate of drug-likeness (QED) is 0.226. The third kappa shape index (κ3) is 5.25. The molecule has 0 spiro atoms. The Morgan fingerprint density at radius 3 is 2.44 bits per heavy atom. The van der Waals surface area contributed by atoms with Crippen LogP contribution in [0.4, 0.5) is 0 Å². The number of fused-ring (bicyclic) bond motifs is 1. The Morgan fingerprint density at radius 1 is 0.923 bits per heavy atom. The molecule has 0 unspecified atom stereocenters. The second kappa shape index (κ2) is 10.9. The highest BCUT2D eigenvalue weighted by Gasteiger charge is 2.23. The molecule has 1 N–H and O–H groups in total. The van der Waals surface area contributed by atoms with Gasteiger partial charge >= 0.3 is 5.97 Å². The maximum absolute atomic E-state index is 11.6. The van der Waals surface area contributed by atoms with Crippen molar-refractivity contribution in [1.82, 2.24) is 14.5 Å². The van der Waals surface area contributed by atoms with E-state index >= 15 is 0 Å². The lowest BCUT2D eigenvalue weighted by atomic mass is 9.95. The van der Waals surface area contributed by atoms with E-state index in [1.807, 2.05) is 60.7 Å². The van der Waals surface area contributed by atoms with E-state index < -0.39 is 5.97 Å². The summed E-state index contributed by atoms with van der Waals surface area (Å²) in [6, 6.07) is 23.3. The van der Waals surface area contributed by atoms with Crippen LogP contribution < -0.4 is 4.74 Å². The zero-order valence-corrected chi connectivity index (χ0v) is 22.1. The molecule has 3 aromatic carbocycles. The molecule has 0 bridgehead atoms. The van der Waals surface area contributed by atoms with Crippen LogP contribution in [-0.2, 0) is 6.61 Å². The molecule has 5 aromatic rings. The molecule has 1 aliphatic rings. The van der Waals surface area contributed by atoms with Crippen LogP contribution in [0.15, 0.2) is 85.2 Å². The van der Waals surface area contributed by atoms with Crippen molar-refractivity contribution in [3.8, 4) is 28.3 Å². The fraction of sp³-hybridized carbons (Fsp3) is 0.219. The molecule has 2 aromatic heterocycles. The Bertz CT molecular complexity index is 1620. The van der Waals surface area contributed by atoms with Gasteiger partial charge in [-0.1, -0.05) is 36.9 Å². The van der Waals surface area contributed by atoms with Gasteiger partial charge in [0.2, 0.25) is 0 Å². The predicted molar refractivity (Wildman–Crippen MR) is 153 cm³/mol. The number of aromatic nitrogens is 3. The lowest BCUT2D eigenvalue weighted by Gasteiger charge is -2.25. The molecule has 0 amide bonds. The number of hydrogen-bond donors (Lipinski definition) is 1. The number of ether oxygens (including phenoxy) is 1. The fourth-order valence-corrected chi connectivity index (χ4v) is 5.70. The predicted octanol–water partition coefficient (Wildman–Crippen LogP) is 8.20. The molecule has 196 valence electrons. The Labute approximate surface area is 231 Å². The summed E-state index contributed by atoms with van der Waals surface area (Å²) in [4.78, 5) is 20.6. The van der Waals surface area contributed by atoms with E-state index in [1.54, 1.807) is 24.5 Å². The summed E-state index contributed by atoms with van der Waals surface area (Å²) in [7, 11) is 0. The Morgan fingerprint density at radius 2 is 1.69 bits per heavy atom. The van der Waals surface area contributed by atoms with Crippen molar-refractivity contribution < 1.29 is 14.6 Å².